The number of carbonyl (C=O) groups is 2. The number of hydrogen-bond donors (Lipinski definition) is 2. The zero-order valence-electron chi connectivity index (χ0n) is 10.5. The molecule has 1 aromatic rings. The van der Waals surface area contributed by atoms with Crippen LogP contribution in [0.2, 0.25) is 0 Å². The minimum absolute atomic E-state index is 0.144. The van der Waals surface area contributed by atoms with Gasteiger partial charge in [0.2, 0.25) is 5.91 Å². The van der Waals surface area contributed by atoms with E-state index in [9.17, 15) is 9.59 Å². The minimum atomic E-state index is -0.932. The molecule has 92 valence electrons. The maximum absolute atomic E-state index is 11.2. The van der Waals surface area contributed by atoms with Gasteiger partial charge in [0.1, 0.15) is 0 Å². The normalized spacial score (nSPS) is 11.1. The van der Waals surface area contributed by atoms with Crippen LogP contribution in [-0.2, 0) is 15.0 Å². The average molecular weight is 235 g/mol. The second kappa shape index (κ2) is 4.57. The predicted octanol–water partition coefficient (Wildman–Crippen LogP) is 2.32. The Morgan fingerprint density at radius 1 is 1.29 bits per heavy atom. The molecule has 1 rings (SSSR count). The topological polar surface area (TPSA) is 66.4 Å². The molecule has 1 amide bonds. The molecule has 0 saturated carbocycles. The monoisotopic (exact) mass is 235 g/mol. The summed E-state index contributed by atoms with van der Waals surface area (Å²) in [6, 6.07) is 5.24. The van der Waals surface area contributed by atoms with Crippen molar-refractivity contribution in [2.45, 2.75) is 33.1 Å². The van der Waals surface area contributed by atoms with Crippen molar-refractivity contribution in [2.24, 2.45) is 0 Å². The van der Waals surface area contributed by atoms with Gasteiger partial charge in [-0.2, -0.15) is 0 Å². The molecule has 0 aromatic heterocycles. The van der Waals surface area contributed by atoms with Crippen molar-refractivity contribution in [3.8, 4) is 0 Å². The van der Waals surface area contributed by atoms with Gasteiger partial charge in [0.05, 0.1) is 5.41 Å². The molecule has 17 heavy (non-hydrogen) atoms. The van der Waals surface area contributed by atoms with Gasteiger partial charge in [0.15, 0.2) is 0 Å². The lowest BCUT2D eigenvalue weighted by Gasteiger charge is -2.22. The zero-order chi connectivity index (χ0) is 13.2. The molecular weight excluding hydrogens is 218 g/mol. The summed E-state index contributed by atoms with van der Waals surface area (Å²) in [6.45, 7) is 6.60. The van der Waals surface area contributed by atoms with E-state index in [1.165, 1.54) is 6.92 Å². The summed E-state index contributed by atoms with van der Waals surface area (Å²) in [6.07, 6.45) is 0. The first-order chi connectivity index (χ1) is 7.75. The number of aryl methyl sites for hydroxylation is 1. The Morgan fingerprint density at radius 2 is 1.88 bits per heavy atom. The summed E-state index contributed by atoms with van der Waals surface area (Å²) in [4.78, 5) is 22.1. The second-order valence-electron chi connectivity index (χ2n) is 4.64. The number of carboxylic acid groups (broad SMARTS) is 1. The third-order valence-electron chi connectivity index (χ3n) is 2.75. The Morgan fingerprint density at radius 3 is 2.29 bits per heavy atom. The van der Waals surface area contributed by atoms with Gasteiger partial charge in [0.25, 0.3) is 0 Å². The molecule has 4 heteroatoms. The lowest BCUT2D eigenvalue weighted by atomic mass is 9.82. The van der Waals surface area contributed by atoms with E-state index < -0.39 is 11.4 Å². The van der Waals surface area contributed by atoms with E-state index in [1.54, 1.807) is 32.0 Å². The van der Waals surface area contributed by atoms with E-state index in [2.05, 4.69) is 5.32 Å². The molecule has 0 atom stereocenters. The van der Waals surface area contributed by atoms with E-state index in [4.69, 9.17) is 5.11 Å². The van der Waals surface area contributed by atoms with Crippen molar-refractivity contribution < 1.29 is 14.7 Å². The lowest BCUT2D eigenvalue weighted by molar-refractivity contribution is -0.142. The number of benzene rings is 1. The number of hydrogen-bond acceptors (Lipinski definition) is 2. The fourth-order valence-electron chi connectivity index (χ4n) is 1.76. The molecule has 0 fully saturated rings. The van der Waals surface area contributed by atoms with Crippen LogP contribution in [0.15, 0.2) is 18.2 Å². The maximum atomic E-state index is 11.2. The van der Waals surface area contributed by atoms with Crippen molar-refractivity contribution in [2.75, 3.05) is 5.32 Å². The van der Waals surface area contributed by atoms with Crippen molar-refractivity contribution in [1.82, 2.24) is 0 Å². The number of anilines is 1. The lowest BCUT2D eigenvalue weighted by Crippen LogP contribution is -2.29. The van der Waals surface area contributed by atoms with Gasteiger partial charge in [-0.05, 0) is 44.0 Å². The number of nitrogens with one attached hydrogen (secondary N) is 1. The highest BCUT2D eigenvalue weighted by atomic mass is 16.4. The van der Waals surface area contributed by atoms with E-state index in [-0.39, 0.29) is 5.91 Å². The first kappa shape index (κ1) is 13.2. The largest absolute Gasteiger partial charge is 0.481 e. The minimum Gasteiger partial charge on any atom is -0.481 e. The highest BCUT2D eigenvalue weighted by molar-refractivity contribution is 5.89. The Kier molecular flexibility index (Phi) is 3.56. The highest BCUT2D eigenvalue weighted by Gasteiger charge is 2.30. The van der Waals surface area contributed by atoms with Crippen molar-refractivity contribution in [1.29, 1.82) is 0 Å². The van der Waals surface area contributed by atoms with Crippen LogP contribution in [0.4, 0.5) is 5.69 Å². The Bertz CT molecular complexity index is 464. The van der Waals surface area contributed by atoms with E-state index >= 15 is 0 Å². The van der Waals surface area contributed by atoms with Crippen LogP contribution in [0.3, 0.4) is 0 Å². The van der Waals surface area contributed by atoms with Gasteiger partial charge in [0, 0.05) is 12.6 Å². The van der Waals surface area contributed by atoms with Gasteiger partial charge < -0.3 is 10.4 Å². The van der Waals surface area contributed by atoms with Crippen LogP contribution in [0.25, 0.3) is 0 Å². The van der Waals surface area contributed by atoms with Crippen LogP contribution in [-0.4, -0.2) is 17.0 Å². The van der Waals surface area contributed by atoms with Gasteiger partial charge in [-0.25, -0.2) is 0 Å². The Balaban J connectivity index is 3.14. The first-order valence-corrected chi connectivity index (χ1v) is 5.37. The summed E-state index contributed by atoms with van der Waals surface area (Å²) in [7, 11) is 0. The predicted molar refractivity (Wildman–Crippen MR) is 66.1 cm³/mol. The number of rotatable bonds is 3. The molecule has 0 aliphatic heterocycles. The fraction of sp³-hybridized carbons (Fsp3) is 0.385. The molecule has 0 saturated heterocycles. The summed E-state index contributed by atoms with van der Waals surface area (Å²) < 4.78 is 0. The third kappa shape index (κ3) is 2.84. The summed E-state index contributed by atoms with van der Waals surface area (Å²) in [5.41, 5.74) is 1.35. The van der Waals surface area contributed by atoms with Gasteiger partial charge in [-0.1, -0.05) is 6.07 Å². The van der Waals surface area contributed by atoms with Crippen LogP contribution >= 0.6 is 0 Å². The van der Waals surface area contributed by atoms with Crippen molar-refractivity contribution in [3.05, 3.63) is 29.3 Å². The fourth-order valence-corrected chi connectivity index (χ4v) is 1.76. The van der Waals surface area contributed by atoms with Crippen molar-refractivity contribution >= 4 is 17.6 Å². The van der Waals surface area contributed by atoms with Crippen LogP contribution in [0, 0.1) is 6.92 Å². The SMILES string of the molecule is CC(=O)Nc1ccc(C(C)(C)C(=O)O)c(C)c1. The van der Waals surface area contributed by atoms with E-state index in [1.807, 2.05) is 6.92 Å². The molecule has 1 aromatic carbocycles. The number of carboxylic acids is 1. The first-order valence-electron chi connectivity index (χ1n) is 5.37. The van der Waals surface area contributed by atoms with E-state index in [0.29, 0.717) is 5.69 Å². The van der Waals surface area contributed by atoms with Gasteiger partial charge >= 0.3 is 5.97 Å². The van der Waals surface area contributed by atoms with Crippen LogP contribution in [0.5, 0.6) is 0 Å². The summed E-state index contributed by atoms with van der Waals surface area (Å²) >= 11 is 0. The highest BCUT2D eigenvalue weighted by Crippen LogP contribution is 2.28. The molecule has 2 N–H and O–H groups in total. The Hall–Kier alpha value is -1.84. The standard InChI is InChI=1S/C13H17NO3/c1-8-7-10(14-9(2)15)5-6-11(8)13(3,4)12(16)17/h5-7H,1-4H3,(H,14,15)(H,16,17). The maximum Gasteiger partial charge on any atom is 0.313 e. The molecule has 0 aliphatic carbocycles. The zero-order valence-corrected chi connectivity index (χ0v) is 10.5. The van der Waals surface area contributed by atoms with Gasteiger partial charge in [-0.15, -0.1) is 0 Å². The number of carbonyl (C=O) groups excluding carboxylic acids is 1. The third-order valence-corrected chi connectivity index (χ3v) is 2.75. The smallest absolute Gasteiger partial charge is 0.313 e. The molecule has 0 unspecified atom stereocenters. The van der Waals surface area contributed by atoms with Crippen molar-refractivity contribution in [3.63, 3.8) is 0 Å². The number of aliphatic carboxylic acids is 1. The molecule has 0 heterocycles. The quantitative estimate of drug-likeness (QED) is 0.844. The van der Waals surface area contributed by atoms with E-state index in [0.717, 1.165) is 11.1 Å². The second-order valence-corrected chi connectivity index (χ2v) is 4.64. The molecule has 0 bridgehead atoms. The summed E-state index contributed by atoms with van der Waals surface area (Å²) in [5.74, 6) is -1.01. The molecule has 0 radical (unpaired) electrons. The molecule has 0 spiro atoms. The Labute approximate surface area is 101 Å². The average Bonchev–Trinajstić information content (AvgIpc) is 2.15. The molecular formula is C13H17NO3. The summed E-state index contributed by atoms with van der Waals surface area (Å²) in [5, 5.41) is 11.8. The van der Waals surface area contributed by atoms with Gasteiger partial charge in [-0.3, -0.25) is 9.59 Å². The molecule has 0 aliphatic rings. The number of amides is 1. The van der Waals surface area contributed by atoms with Crippen LogP contribution in [0.1, 0.15) is 31.9 Å². The van der Waals surface area contributed by atoms with Crippen LogP contribution < -0.4 is 5.32 Å². The molecule has 4 nitrogen and oxygen atoms in total.